The molecule has 1 aliphatic heterocycles. The summed E-state index contributed by atoms with van der Waals surface area (Å²) in [5.74, 6) is 1.74. The van der Waals surface area contributed by atoms with E-state index in [1.54, 1.807) is 18.5 Å². The van der Waals surface area contributed by atoms with Crippen LogP contribution >= 0.6 is 0 Å². The highest BCUT2D eigenvalue weighted by atomic mass is 16.2. The molecule has 0 aromatic carbocycles. The molecule has 0 saturated carbocycles. The molecule has 0 bridgehead atoms. The van der Waals surface area contributed by atoms with Crippen molar-refractivity contribution in [3.05, 3.63) is 36.7 Å². The highest BCUT2D eigenvalue weighted by molar-refractivity contribution is 5.76. The number of aryl methyl sites for hydroxylation is 1. The fourth-order valence-corrected chi connectivity index (χ4v) is 3.01. The van der Waals surface area contributed by atoms with E-state index >= 15 is 0 Å². The smallest absolute Gasteiger partial charge is 0.224 e. The summed E-state index contributed by atoms with van der Waals surface area (Å²) in [6.45, 7) is 4.15. The average Bonchev–Trinajstić information content (AvgIpc) is 3.02. The number of hydrogen-bond donors (Lipinski definition) is 1. The second-order valence-electron chi connectivity index (χ2n) is 5.77. The van der Waals surface area contributed by atoms with Gasteiger partial charge in [0.1, 0.15) is 5.82 Å². The van der Waals surface area contributed by atoms with Gasteiger partial charge in [0.15, 0.2) is 0 Å². The lowest BCUT2D eigenvalue weighted by molar-refractivity contribution is -0.132. The molecule has 0 radical (unpaired) electrons. The van der Waals surface area contributed by atoms with E-state index < -0.39 is 0 Å². The molecule has 3 rings (SSSR count). The molecule has 1 atom stereocenters. The van der Waals surface area contributed by atoms with Crippen LogP contribution < -0.4 is 5.32 Å². The Hall–Kier alpha value is -2.44. The van der Waals surface area contributed by atoms with E-state index in [1.807, 2.05) is 24.2 Å². The maximum absolute atomic E-state index is 12.4. The quantitative estimate of drug-likeness (QED) is 0.908. The van der Waals surface area contributed by atoms with Crippen LogP contribution in [0.25, 0.3) is 0 Å². The second-order valence-corrected chi connectivity index (χ2v) is 5.77. The molecule has 23 heavy (non-hydrogen) atoms. The van der Waals surface area contributed by atoms with Crippen molar-refractivity contribution in [3.63, 3.8) is 0 Å². The van der Waals surface area contributed by atoms with E-state index in [4.69, 9.17) is 0 Å². The second kappa shape index (κ2) is 7.21. The van der Waals surface area contributed by atoms with Gasteiger partial charge in [0.2, 0.25) is 11.9 Å². The van der Waals surface area contributed by atoms with Crippen LogP contribution in [0.15, 0.2) is 30.9 Å². The van der Waals surface area contributed by atoms with E-state index in [2.05, 4.69) is 24.8 Å². The Labute approximate surface area is 135 Å². The fraction of sp³-hybridized carbons (Fsp3) is 0.500. The molecule has 2 aromatic rings. The first kappa shape index (κ1) is 15.5. The third-order valence-corrected chi connectivity index (χ3v) is 4.19. The molecule has 0 aliphatic carbocycles. The first-order valence-electron chi connectivity index (χ1n) is 8.02. The van der Waals surface area contributed by atoms with Crippen molar-refractivity contribution in [3.8, 4) is 0 Å². The van der Waals surface area contributed by atoms with Crippen molar-refractivity contribution >= 4 is 11.9 Å². The summed E-state index contributed by atoms with van der Waals surface area (Å²) in [5.41, 5.74) is 0. The van der Waals surface area contributed by atoms with E-state index in [0.717, 1.165) is 31.8 Å². The number of carbonyl (C=O) groups is 1. The molecular weight excluding hydrogens is 292 g/mol. The predicted molar refractivity (Wildman–Crippen MR) is 87.0 cm³/mol. The summed E-state index contributed by atoms with van der Waals surface area (Å²) in [6, 6.07) is 2.10. The zero-order valence-electron chi connectivity index (χ0n) is 13.4. The Bertz CT molecular complexity index is 641. The largest absolute Gasteiger partial charge is 0.354 e. The Balaban J connectivity index is 1.50. The third-order valence-electron chi connectivity index (χ3n) is 4.19. The zero-order chi connectivity index (χ0) is 16.1. The van der Waals surface area contributed by atoms with Crippen LogP contribution in [0.5, 0.6) is 0 Å². The van der Waals surface area contributed by atoms with Gasteiger partial charge in [0.05, 0.1) is 6.04 Å². The summed E-state index contributed by atoms with van der Waals surface area (Å²) < 4.78 is 2.18. The van der Waals surface area contributed by atoms with Crippen molar-refractivity contribution in [2.45, 2.75) is 32.2 Å². The van der Waals surface area contributed by atoms with Gasteiger partial charge < -0.3 is 14.8 Å². The number of nitrogens with one attached hydrogen (secondary N) is 1. The normalized spacial score (nSPS) is 18.0. The Kier molecular flexibility index (Phi) is 4.85. The number of rotatable bonds is 5. The van der Waals surface area contributed by atoms with Crippen LogP contribution in [0, 0.1) is 6.92 Å². The molecule has 7 nitrogen and oxygen atoms in total. The standard InChI is InChI=1S/C16H22N6O/c1-13-17-9-11-22(13)14-4-2-10-21(12-14)15(23)5-8-20-16-18-6-3-7-19-16/h3,6-7,9,11,14H,2,4-5,8,10,12H2,1H3,(H,18,19,20)/t14-/m0/s1. The van der Waals surface area contributed by atoms with Crippen LogP contribution in [-0.4, -0.2) is 50.0 Å². The van der Waals surface area contributed by atoms with Gasteiger partial charge in [-0.3, -0.25) is 4.79 Å². The molecule has 1 aliphatic rings. The highest BCUT2D eigenvalue weighted by Gasteiger charge is 2.24. The van der Waals surface area contributed by atoms with Crippen LogP contribution in [0.2, 0.25) is 0 Å². The molecule has 1 amide bonds. The molecule has 1 N–H and O–H groups in total. The van der Waals surface area contributed by atoms with Crippen LogP contribution in [0.3, 0.4) is 0 Å². The molecule has 0 spiro atoms. The van der Waals surface area contributed by atoms with Gasteiger partial charge >= 0.3 is 0 Å². The Morgan fingerprint density at radius 2 is 2.13 bits per heavy atom. The minimum Gasteiger partial charge on any atom is -0.354 e. The Morgan fingerprint density at radius 3 is 2.87 bits per heavy atom. The van der Waals surface area contributed by atoms with Gasteiger partial charge in [-0.15, -0.1) is 0 Å². The zero-order valence-corrected chi connectivity index (χ0v) is 13.4. The van der Waals surface area contributed by atoms with E-state index in [0.29, 0.717) is 25.0 Å². The molecule has 1 fully saturated rings. The molecule has 7 heteroatoms. The van der Waals surface area contributed by atoms with Crippen LogP contribution in [0.4, 0.5) is 5.95 Å². The molecule has 0 unspecified atom stereocenters. The van der Waals surface area contributed by atoms with Crippen molar-refractivity contribution < 1.29 is 4.79 Å². The van der Waals surface area contributed by atoms with E-state index in [1.165, 1.54) is 0 Å². The lowest BCUT2D eigenvalue weighted by Gasteiger charge is -2.34. The predicted octanol–water partition coefficient (Wildman–Crippen LogP) is 1.65. The van der Waals surface area contributed by atoms with Gasteiger partial charge in [-0.25, -0.2) is 15.0 Å². The summed E-state index contributed by atoms with van der Waals surface area (Å²) in [4.78, 5) is 26.8. The summed E-state index contributed by atoms with van der Waals surface area (Å²) in [5, 5.41) is 3.08. The monoisotopic (exact) mass is 314 g/mol. The van der Waals surface area contributed by atoms with Gasteiger partial charge in [-0.05, 0) is 25.8 Å². The molecule has 1 saturated heterocycles. The van der Waals surface area contributed by atoms with Gasteiger partial charge in [0, 0.05) is 50.8 Å². The van der Waals surface area contributed by atoms with Crippen molar-refractivity contribution in [1.82, 2.24) is 24.4 Å². The highest BCUT2D eigenvalue weighted by Crippen LogP contribution is 2.23. The summed E-state index contributed by atoms with van der Waals surface area (Å²) in [6.07, 6.45) is 9.76. The maximum atomic E-state index is 12.4. The summed E-state index contributed by atoms with van der Waals surface area (Å²) >= 11 is 0. The van der Waals surface area contributed by atoms with Gasteiger partial charge in [0.25, 0.3) is 0 Å². The molecule has 122 valence electrons. The van der Waals surface area contributed by atoms with Crippen LogP contribution in [-0.2, 0) is 4.79 Å². The number of anilines is 1. The number of carbonyl (C=O) groups excluding carboxylic acids is 1. The Morgan fingerprint density at radius 1 is 1.30 bits per heavy atom. The SMILES string of the molecule is Cc1nccn1[C@H]1CCCN(C(=O)CCNc2ncccn2)C1. The first-order valence-corrected chi connectivity index (χ1v) is 8.02. The topological polar surface area (TPSA) is 75.9 Å². The number of imidazole rings is 1. The number of piperidine rings is 1. The van der Waals surface area contributed by atoms with E-state index in [-0.39, 0.29) is 5.91 Å². The lowest BCUT2D eigenvalue weighted by atomic mass is 10.0. The number of nitrogens with zero attached hydrogens (tertiary/aromatic N) is 5. The van der Waals surface area contributed by atoms with E-state index in [9.17, 15) is 4.79 Å². The number of amides is 1. The van der Waals surface area contributed by atoms with Gasteiger partial charge in [-0.1, -0.05) is 0 Å². The number of aromatic nitrogens is 4. The molecule has 2 aromatic heterocycles. The first-order chi connectivity index (χ1) is 11.2. The third kappa shape index (κ3) is 3.85. The lowest BCUT2D eigenvalue weighted by Crippen LogP contribution is -2.41. The van der Waals surface area contributed by atoms with Crippen molar-refractivity contribution in [1.29, 1.82) is 0 Å². The minimum absolute atomic E-state index is 0.177. The maximum Gasteiger partial charge on any atom is 0.224 e. The van der Waals surface area contributed by atoms with Gasteiger partial charge in [-0.2, -0.15) is 0 Å². The fourth-order valence-electron chi connectivity index (χ4n) is 3.01. The average molecular weight is 314 g/mol. The summed E-state index contributed by atoms with van der Waals surface area (Å²) in [7, 11) is 0. The van der Waals surface area contributed by atoms with Crippen LogP contribution in [0.1, 0.15) is 31.1 Å². The number of likely N-dealkylation sites (tertiary alicyclic amines) is 1. The number of hydrogen-bond acceptors (Lipinski definition) is 5. The van der Waals surface area contributed by atoms with Crippen molar-refractivity contribution in [2.24, 2.45) is 0 Å². The minimum atomic E-state index is 0.177. The van der Waals surface area contributed by atoms with Crippen molar-refractivity contribution in [2.75, 3.05) is 25.0 Å². The molecular formula is C16H22N6O. The molecule has 3 heterocycles.